The third-order valence-electron chi connectivity index (χ3n) is 4.56. The summed E-state index contributed by atoms with van der Waals surface area (Å²) in [5.74, 6) is -1.02. The first-order chi connectivity index (χ1) is 11.9. The molecule has 1 saturated heterocycles. The van der Waals surface area contributed by atoms with Crippen LogP contribution < -0.4 is 5.32 Å². The summed E-state index contributed by atoms with van der Waals surface area (Å²) in [4.78, 5) is 37.6. The van der Waals surface area contributed by atoms with Crippen LogP contribution in [0.15, 0.2) is 22.8 Å². The van der Waals surface area contributed by atoms with E-state index in [9.17, 15) is 14.4 Å². The summed E-state index contributed by atoms with van der Waals surface area (Å²) in [6, 6.07) is 2.55. The number of aliphatic carboxylic acids is 1. The van der Waals surface area contributed by atoms with Gasteiger partial charge in [-0.25, -0.2) is 0 Å². The number of rotatable bonds is 7. The molecule has 2 amide bonds. The van der Waals surface area contributed by atoms with E-state index in [1.54, 1.807) is 17.0 Å². The molecular formula is C18H26N2O5. The number of amides is 2. The van der Waals surface area contributed by atoms with E-state index in [1.165, 1.54) is 6.26 Å². The summed E-state index contributed by atoms with van der Waals surface area (Å²) >= 11 is 0. The molecule has 0 radical (unpaired) electrons. The Bertz CT molecular complexity index is 597. The lowest BCUT2D eigenvalue weighted by molar-refractivity contribution is -0.137. The molecule has 0 bridgehead atoms. The molecule has 7 nitrogen and oxygen atoms in total. The highest BCUT2D eigenvalue weighted by atomic mass is 16.4. The SMILES string of the molecule is CC(C)C(NC(=O)c1ccco1)C(=O)N1CCCC(CCC(=O)O)C1. The predicted molar refractivity (Wildman–Crippen MR) is 91.0 cm³/mol. The van der Waals surface area contributed by atoms with E-state index in [0.29, 0.717) is 19.5 Å². The Morgan fingerprint density at radius 3 is 2.76 bits per heavy atom. The van der Waals surface area contributed by atoms with Crippen molar-refractivity contribution in [3.63, 3.8) is 0 Å². The fourth-order valence-corrected chi connectivity index (χ4v) is 3.16. The normalized spacial score (nSPS) is 18.8. The first-order valence-corrected chi connectivity index (χ1v) is 8.73. The number of hydrogen-bond donors (Lipinski definition) is 2. The van der Waals surface area contributed by atoms with Gasteiger partial charge in [0.15, 0.2) is 5.76 Å². The molecule has 2 rings (SSSR count). The molecule has 1 aliphatic heterocycles. The molecule has 1 fully saturated rings. The average molecular weight is 350 g/mol. The average Bonchev–Trinajstić information content (AvgIpc) is 3.11. The summed E-state index contributed by atoms with van der Waals surface area (Å²) in [5.41, 5.74) is 0. The van der Waals surface area contributed by atoms with Crippen molar-refractivity contribution in [3.05, 3.63) is 24.2 Å². The zero-order valence-electron chi connectivity index (χ0n) is 14.7. The van der Waals surface area contributed by atoms with Crippen molar-refractivity contribution in [2.24, 2.45) is 11.8 Å². The van der Waals surface area contributed by atoms with Gasteiger partial charge in [0.05, 0.1) is 6.26 Å². The van der Waals surface area contributed by atoms with E-state index < -0.39 is 17.9 Å². The molecule has 7 heteroatoms. The van der Waals surface area contributed by atoms with E-state index >= 15 is 0 Å². The lowest BCUT2D eigenvalue weighted by atomic mass is 9.92. The van der Waals surface area contributed by atoms with Crippen LogP contribution in [0.25, 0.3) is 0 Å². The van der Waals surface area contributed by atoms with E-state index in [0.717, 1.165) is 12.8 Å². The molecule has 2 atom stereocenters. The van der Waals surface area contributed by atoms with Crippen LogP contribution in [0.3, 0.4) is 0 Å². The van der Waals surface area contributed by atoms with Gasteiger partial charge in [0.1, 0.15) is 6.04 Å². The van der Waals surface area contributed by atoms with Gasteiger partial charge >= 0.3 is 5.97 Å². The third kappa shape index (κ3) is 5.34. The van der Waals surface area contributed by atoms with Crippen molar-refractivity contribution in [1.82, 2.24) is 10.2 Å². The second kappa shape index (κ2) is 8.69. The molecule has 0 aliphatic carbocycles. The zero-order chi connectivity index (χ0) is 18.4. The molecule has 2 N–H and O–H groups in total. The zero-order valence-corrected chi connectivity index (χ0v) is 14.7. The van der Waals surface area contributed by atoms with Gasteiger partial charge in [-0.3, -0.25) is 14.4 Å². The molecule has 1 aromatic rings. The van der Waals surface area contributed by atoms with Crippen LogP contribution in [0.1, 0.15) is 50.1 Å². The summed E-state index contributed by atoms with van der Waals surface area (Å²) in [6.45, 7) is 4.96. The van der Waals surface area contributed by atoms with Crippen LogP contribution in [-0.4, -0.2) is 46.9 Å². The van der Waals surface area contributed by atoms with Gasteiger partial charge in [-0.05, 0) is 43.2 Å². The summed E-state index contributed by atoms with van der Waals surface area (Å²) in [5, 5.41) is 11.6. The lowest BCUT2D eigenvalue weighted by Gasteiger charge is -2.36. The molecule has 0 saturated carbocycles. The topological polar surface area (TPSA) is 99.9 Å². The van der Waals surface area contributed by atoms with Crippen molar-refractivity contribution >= 4 is 17.8 Å². The number of carbonyl (C=O) groups is 3. The summed E-state index contributed by atoms with van der Waals surface area (Å²) in [6.07, 6.45) is 3.90. The van der Waals surface area contributed by atoms with Gasteiger partial charge in [-0.1, -0.05) is 13.8 Å². The van der Waals surface area contributed by atoms with Crippen molar-refractivity contribution in [3.8, 4) is 0 Å². The number of nitrogens with zero attached hydrogens (tertiary/aromatic N) is 1. The van der Waals surface area contributed by atoms with Gasteiger partial charge < -0.3 is 19.7 Å². The number of carboxylic acids is 1. The molecule has 1 aliphatic rings. The Morgan fingerprint density at radius 1 is 1.40 bits per heavy atom. The molecule has 2 heterocycles. The largest absolute Gasteiger partial charge is 0.481 e. The number of piperidine rings is 1. The predicted octanol–water partition coefficient (Wildman–Crippen LogP) is 2.14. The van der Waals surface area contributed by atoms with Gasteiger partial charge in [0.2, 0.25) is 5.91 Å². The molecule has 0 spiro atoms. The van der Waals surface area contributed by atoms with Crippen LogP contribution in [0.5, 0.6) is 0 Å². The molecular weight excluding hydrogens is 324 g/mol. The highest BCUT2D eigenvalue weighted by molar-refractivity contribution is 5.95. The minimum Gasteiger partial charge on any atom is -0.481 e. The minimum atomic E-state index is -0.811. The van der Waals surface area contributed by atoms with Crippen LogP contribution >= 0.6 is 0 Å². The van der Waals surface area contributed by atoms with Gasteiger partial charge in [-0.15, -0.1) is 0 Å². The fourth-order valence-electron chi connectivity index (χ4n) is 3.16. The number of hydrogen-bond acceptors (Lipinski definition) is 4. The van der Waals surface area contributed by atoms with Crippen molar-refractivity contribution in [2.75, 3.05) is 13.1 Å². The van der Waals surface area contributed by atoms with Crippen molar-refractivity contribution < 1.29 is 23.9 Å². The lowest BCUT2D eigenvalue weighted by Crippen LogP contribution is -2.53. The maximum absolute atomic E-state index is 12.9. The van der Waals surface area contributed by atoms with Gasteiger partial charge in [0.25, 0.3) is 5.91 Å². The number of carboxylic acid groups (broad SMARTS) is 1. The molecule has 138 valence electrons. The molecule has 0 aromatic carbocycles. The minimum absolute atomic E-state index is 0.0641. The highest BCUT2D eigenvalue weighted by Gasteiger charge is 2.32. The fraction of sp³-hybridized carbons (Fsp3) is 0.611. The van der Waals surface area contributed by atoms with E-state index in [4.69, 9.17) is 9.52 Å². The Morgan fingerprint density at radius 2 is 2.16 bits per heavy atom. The Kier molecular flexibility index (Phi) is 6.61. The van der Waals surface area contributed by atoms with E-state index in [-0.39, 0.29) is 29.9 Å². The monoisotopic (exact) mass is 350 g/mol. The smallest absolute Gasteiger partial charge is 0.303 e. The first-order valence-electron chi connectivity index (χ1n) is 8.73. The Hall–Kier alpha value is -2.31. The molecule has 2 unspecified atom stereocenters. The number of furan rings is 1. The van der Waals surface area contributed by atoms with Crippen LogP contribution in [-0.2, 0) is 9.59 Å². The second-order valence-corrected chi connectivity index (χ2v) is 6.90. The number of nitrogens with one attached hydrogen (secondary N) is 1. The Balaban J connectivity index is 1.98. The van der Waals surface area contributed by atoms with Crippen molar-refractivity contribution in [2.45, 2.75) is 45.6 Å². The standard InChI is InChI=1S/C18H26N2O5/c1-12(2)16(19-17(23)14-6-4-10-25-14)18(24)20-9-3-5-13(11-20)7-8-15(21)22/h4,6,10,12-13,16H,3,5,7-9,11H2,1-2H3,(H,19,23)(H,21,22). The highest BCUT2D eigenvalue weighted by Crippen LogP contribution is 2.22. The van der Waals surface area contributed by atoms with Crippen molar-refractivity contribution in [1.29, 1.82) is 0 Å². The second-order valence-electron chi connectivity index (χ2n) is 6.90. The van der Waals surface area contributed by atoms with Crippen LogP contribution in [0.2, 0.25) is 0 Å². The Labute approximate surface area is 147 Å². The summed E-state index contributed by atoms with van der Waals surface area (Å²) < 4.78 is 5.08. The molecule has 1 aromatic heterocycles. The maximum Gasteiger partial charge on any atom is 0.303 e. The maximum atomic E-state index is 12.9. The third-order valence-corrected chi connectivity index (χ3v) is 4.56. The molecule has 25 heavy (non-hydrogen) atoms. The van der Waals surface area contributed by atoms with E-state index in [1.807, 2.05) is 13.8 Å². The van der Waals surface area contributed by atoms with Gasteiger partial charge in [0, 0.05) is 19.5 Å². The quantitative estimate of drug-likeness (QED) is 0.785. The first kappa shape index (κ1) is 19.0. The number of carbonyl (C=O) groups excluding carboxylic acids is 2. The van der Waals surface area contributed by atoms with Gasteiger partial charge in [-0.2, -0.15) is 0 Å². The van der Waals surface area contributed by atoms with Crippen LogP contribution in [0.4, 0.5) is 0 Å². The van der Waals surface area contributed by atoms with E-state index in [2.05, 4.69) is 5.32 Å². The number of likely N-dealkylation sites (tertiary alicyclic amines) is 1. The van der Waals surface area contributed by atoms with Crippen LogP contribution in [0, 0.1) is 11.8 Å². The summed E-state index contributed by atoms with van der Waals surface area (Å²) in [7, 11) is 0.